The van der Waals surface area contributed by atoms with Gasteiger partial charge in [0.15, 0.2) is 0 Å². The summed E-state index contributed by atoms with van der Waals surface area (Å²) in [5, 5.41) is 9.27. The van der Waals surface area contributed by atoms with Crippen molar-refractivity contribution in [2.45, 2.75) is 6.04 Å². The highest BCUT2D eigenvalue weighted by Crippen LogP contribution is 2.26. The van der Waals surface area contributed by atoms with Crippen molar-refractivity contribution in [3.8, 4) is 0 Å². The summed E-state index contributed by atoms with van der Waals surface area (Å²) in [4.78, 5) is 3.75. The van der Waals surface area contributed by atoms with Crippen LogP contribution in [0.3, 0.4) is 0 Å². The Morgan fingerprint density at radius 3 is 2.83 bits per heavy atom. The zero-order valence-electron chi connectivity index (χ0n) is 6.17. The fourth-order valence-electron chi connectivity index (χ4n) is 0.817. The number of aliphatic hydroxyl groups excluding tert-OH is 1. The highest BCUT2D eigenvalue weighted by Gasteiger charge is 2.11. The quantitative estimate of drug-likeness (QED) is 0.720. The van der Waals surface area contributed by atoms with E-state index in [1.165, 1.54) is 6.20 Å². The summed E-state index contributed by atoms with van der Waals surface area (Å²) in [7, 11) is 0. The van der Waals surface area contributed by atoms with Gasteiger partial charge < -0.3 is 10.8 Å². The average Bonchev–Trinajstić information content (AvgIpc) is 2.08. The predicted octanol–water partition coefficient (Wildman–Crippen LogP) is 1.38. The fourth-order valence-corrected chi connectivity index (χ4v) is 1.23. The summed E-state index contributed by atoms with van der Waals surface area (Å²) in [5.74, 6) is 0. The molecule has 0 aliphatic heterocycles. The lowest BCUT2D eigenvalue weighted by atomic mass is 10.1. The minimum absolute atomic E-state index is 0.167. The van der Waals surface area contributed by atoms with E-state index in [4.69, 9.17) is 34.0 Å². The third-order valence-corrected chi connectivity index (χ3v) is 2.25. The number of rotatable bonds is 2. The molecular weight excluding hydrogens is 199 g/mol. The lowest BCUT2D eigenvalue weighted by Crippen LogP contribution is -2.15. The van der Waals surface area contributed by atoms with Gasteiger partial charge in [-0.25, -0.2) is 4.98 Å². The minimum Gasteiger partial charge on any atom is -0.394 e. The molecular formula is C7H8Cl2N2O. The average molecular weight is 207 g/mol. The summed E-state index contributed by atoms with van der Waals surface area (Å²) >= 11 is 11.4. The standard InChI is InChI=1S/C7H8Cl2N2O/c8-6-4(5(10)3-12)1-2-11-7(6)9/h1-2,5,12H,3,10H2/t5-/m1/s1. The monoisotopic (exact) mass is 206 g/mol. The SMILES string of the molecule is N[C@H](CO)c1ccnc(Cl)c1Cl. The van der Waals surface area contributed by atoms with Crippen LogP contribution in [-0.4, -0.2) is 16.7 Å². The predicted molar refractivity (Wildman–Crippen MR) is 48.3 cm³/mol. The first-order chi connectivity index (χ1) is 5.66. The van der Waals surface area contributed by atoms with E-state index < -0.39 is 6.04 Å². The number of aliphatic hydroxyl groups is 1. The maximum absolute atomic E-state index is 8.76. The topological polar surface area (TPSA) is 59.1 Å². The van der Waals surface area contributed by atoms with Gasteiger partial charge in [-0.3, -0.25) is 0 Å². The zero-order chi connectivity index (χ0) is 9.14. The number of hydrogen-bond donors (Lipinski definition) is 2. The van der Waals surface area contributed by atoms with Crippen LogP contribution in [0, 0.1) is 0 Å². The van der Waals surface area contributed by atoms with E-state index in [0.29, 0.717) is 10.6 Å². The van der Waals surface area contributed by atoms with Crippen molar-refractivity contribution >= 4 is 23.2 Å². The van der Waals surface area contributed by atoms with Crippen molar-refractivity contribution in [3.05, 3.63) is 28.0 Å². The van der Waals surface area contributed by atoms with E-state index in [1.54, 1.807) is 6.07 Å². The second kappa shape index (κ2) is 4.05. The van der Waals surface area contributed by atoms with Crippen LogP contribution in [0.15, 0.2) is 12.3 Å². The van der Waals surface area contributed by atoms with Gasteiger partial charge in [-0.15, -0.1) is 0 Å². The maximum atomic E-state index is 8.76. The molecule has 0 radical (unpaired) electrons. The molecule has 0 aliphatic rings. The molecule has 0 aromatic carbocycles. The number of halogens is 2. The van der Waals surface area contributed by atoms with Gasteiger partial charge >= 0.3 is 0 Å². The van der Waals surface area contributed by atoms with Gasteiger partial charge in [0.2, 0.25) is 0 Å². The highest BCUT2D eigenvalue weighted by atomic mass is 35.5. The molecule has 0 saturated carbocycles. The Balaban J connectivity index is 3.07. The summed E-state index contributed by atoms with van der Waals surface area (Å²) in [5.41, 5.74) is 6.15. The second-order valence-electron chi connectivity index (χ2n) is 2.29. The molecule has 1 aromatic rings. The molecule has 0 fully saturated rings. The lowest BCUT2D eigenvalue weighted by Gasteiger charge is -2.10. The summed E-state index contributed by atoms with van der Waals surface area (Å²) in [6.07, 6.45) is 1.50. The molecule has 1 heterocycles. The molecule has 1 aromatic heterocycles. The zero-order valence-corrected chi connectivity index (χ0v) is 7.68. The number of pyridine rings is 1. The number of nitrogens with two attached hydrogens (primary N) is 1. The van der Waals surface area contributed by atoms with Crippen LogP contribution in [0.25, 0.3) is 0 Å². The van der Waals surface area contributed by atoms with E-state index in [1.807, 2.05) is 0 Å². The fraction of sp³-hybridized carbons (Fsp3) is 0.286. The van der Waals surface area contributed by atoms with Crippen LogP contribution in [0.1, 0.15) is 11.6 Å². The van der Waals surface area contributed by atoms with Crippen LogP contribution in [-0.2, 0) is 0 Å². The van der Waals surface area contributed by atoms with E-state index in [-0.39, 0.29) is 11.8 Å². The van der Waals surface area contributed by atoms with Crippen molar-refractivity contribution in [1.29, 1.82) is 0 Å². The molecule has 0 unspecified atom stereocenters. The summed E-state index contributed by atoms with van der Waals surface area (Å²) in [6.45, 7) is -0.167. The van der Waals surface area contributed by atoms with Crippen LogP contribution in [0.5, 0.6) is 0 Å². The van der Waals surface area contributed by atoms with Gasteiger partial charge in [-0.05, 0) is 11.6 Å². The number of hydrogen-bond acceptors (Lipinski definition) is 3. The minimum atomic E-state index is -0.502. The first-order valence-electron chi connectivity index (χ1n) is 3.33. The Morgan fingerprint density at radius 1 is 1.58 bits per heavy atom. The Labute approximate surface area is 80.1 Å². The van der Waals surface area contributed by atoms with Gasteiger partial charge in [0, 0.05) is 6.20 Å². The van der Waals surface area contributed by atoms with Crippen molar-refractivity contribution in [1.82, 2.24) is 4.98 Å². The highest BCUT2D eigenvalue weighted by molar-refractivity contribution is 6.41. The molecule has 1 atom stereocenters. The molecule has 12 heavy (non-hydrogen) atoms. The Hall–Kier alpha value is -0.350. The number of aromatic nitrogens is 1. The van der Waals surface area contributed by atoms with Gasteiger partial charge in [0.25, 0.3) is 0 Å². The first-order valence-corrected chi connectivity index (χ1v) is 4.08. The first kappa shape index (κ1) is 9.74. The van der Waals surface area contributed by atoms with Crippen molar-refractivity contribution in [2.24, 2.45) is 5.73 Å². The molecule has 0 amide bonds. The molecule has 3 nitrogen and oxygen atoms in total. The number of nitrogens with zero attached hydrogens (tertiary/aromatic N) is 1. The van der Waals surface area contributed by atoms with Crippen LogP contribution in [0.2, 0.25) is 10.2 Å². The largest absolute Gasteiger partial charge is 0.394 e. The van der Waals surface area contributed by atoms with Gasteiger partial charge in [0.1, 0.15) is 5.15 Å². The van der Waals surface area contributed by atoms with E-state index in [2.05, 4.69) is 4.98 Å². The van der Waals surface area contributed by atoms with E-state index >= 15 is 0 Å². The summed E-state index contributed by atoms with van der Waals surface area (Å²) in [6, 6.07) is 1.13. The molecule has 0 aliphatic carbocycles. The molecule has 0 bridgehead atoms. The third-order valence-electron chi connectivity index (χ3n) is 1.47. The Bertz CT molecular complexity index is 280. The molecule has 3 N–H and O–H groups in total. The van der Waals surface area contributed by atoms with Gasteiger partial charge in [0.05, 0.1) is 17.7 Å². The van der Waals surface area contributed by atoms with Gasteiger partial charge in [-0.2, -0.15) is 0 Å². The van der Waals surface area contributed by atoms with Crippen LogP contribution < -0.4 is 5.73 Å². The molecule has 5 heteroatoms. The van der Waals surface area contributed by atoms with Crippen molar-refractivity contribution in [3.63, 3.8) is 0 Å². The normalized spacial score (nSPS) is 13.0. The van der Waals surface area contributed by atoms with E-state index in [0.717, 1.165) is 0 Å². The van der Waals surface area contributed by atoms with Gasteiger partial charge in [-0.1, -0.05) is 23.2 Å². The molecule has 1 rings (SSSR count). The molecule has 66 valence electrons. The maximum Gasteiger partial charge on any atom is 0.147 e. The van der Waals surface area contributed by atoms with Crippen LogP contribution >= 0.6 is 23.2 Å². The second-order valence-corrected chi connectivity index (χ2v) is 3.03. The molecule has 0 saturated heterocycles. The summed E-state index contributed by atoms with van der Waals surface area (Å²) < 4.78 is 0. The van der Waals surface area contributed by atoms with E-state index in [9.17, 15) is 0 Å². The Kier molecular flexibility index (Phi) is 3.29. The van der Waals surface area contributed by atoms with Crippen molar-refractivity contribution < 1.29 is 5.11 Å². The smallest absolute Gasteiger partial charge is 0.147 e. The third kappa shape index (κ3) is 1.87. The van der Waals surface area contributed by atoms with Crippen LogP contribution in [0.4, 0.5) is 0 Å². The van der Waals surface area contributed by atoms with Crippen molar-refractivity contribution in [2.75, 3.05) is 6.61 Å². The lowest BCUT2D eigenvalue weighted by molar-refractivity contribution is 0.268. The molecule has 0 spiro atoms. The Morgan fingerprint density at radius 2 is 2.25 bits per heavy atom.